The number of nitrogens with one attached hydrogen (secondary N) is 1. The highest BCUT2D eigenvalue weighted by Gasteiger charge is 2.51. The van der Waals surface area contributed by atoms with Gasteiger partial charge in [-0.2, -0.15) is 0 Å². The van der Waals surface area contributed by atoms with E-state index >= 15 is 0 Å². The number of carbonyl (C=O) groups is 1. The lowest BCUT2D eigenvalue weighted by Crippen LogP contribution is -2.64. The molecule has 0 aromatic carbocycles. The predicted molar refractivity (Wildman–Crippen MR) is 306 cm³/mol. The lowest BCUT2D eigenvalue weighted by molar-refractivity contribution is -0.220. The summed E-state index contributed by atoms with van der Waals surface area (Å²) in [5.74, 6) is -0.301. The summed E-state index contributed by atoms with van der Waals surface area (Å²) in [4.78, 5) is 23.5. The third-order valence-electron chi connectivity index (χ3n) is 15.9. The third kappa shape index (κ3) is 40.5. The van der Waals surface area contributed by atoms with Gasteiger partial charge >= 0.3 is 7.82 Å². The van der Waals surface area contributed by atoms with Crippen LogP contribution in [-0.2, 0) is 18.4 Å². The summed E-state index contributed by atoms with van der Waals surface area (Å²) < 4.78 is 23.1. The second-order valence-corrected chi connectivity index (χ2v) is 24.4. The zero-order valence-corrected chi connectivity index (χ0v) is 49.1. The minimum Gasteiger partial charge on any atom is -0.391 e. The van der Waals surface area contributed by atoms with Crippen LogP contribution in [0.3, 0.4) is 0 Å². The zero-order valence-electron chi connectivity index (χ0n) is 48.2. The molecule has 1 rings (SSSR count). The first kappa shape index (κ1) is 71.4. The molecule has 13 heteroatoms. The van der Waals surface area contributed by atoms with Gasteiger partial charge in [0, 0.05) is 6.42 Å². The predicted octanol–water partition coefficient (Wildman–Crippen LogP) is 15.3. The van der Waals surface area contributed by atoms with E-state index in [1.54, 1.807) is 0 Å². The van der Waals surface area contributed by atoms with Crippen molar-refractivity contribution in [2.24, 2.45) is 0 Å². The van der Waals surface area contributed by atoms with Gasteiger partial charge in [-0.1, -0.05) is 309 Å². The first-order valence-corrected chi connectivity index (χ1v) is 33.5. The molecule has 1 aliphatic rings. The third-order valence-corrected chi connectivity index (χ3v) is 16.9. The number of rotatable bonds is 56. The standard InChI is InChI=1S/C61H122NO11P/c1-3-5-7-9-11-13-15-16-17-18-19-20-21-22-23-24-25-26-27-28-29-30-31-32-33-34-35-36-37-38-39-41-43-45-47-49-51-55(64)62-53(54(63)50-48-46-44-42-40-14-12-10-8-6-4-2)52-72-74(70,71)73-61-59(68)57(66)56(65)58(67)60(61)69/h53-54,56-61,63,65-69H,3-52H2,1-2H3,(H,62,64)(H,70,71)/t53-,54+,56?,57+,58?,59?,60?,61?/m0/s1. The average Bonchev–Trinajstić information content (AvgIpc) is 3.39. The van der Waals surface area contributed by atoms with Crippen molar-refractivity contribution >= 4 is 13.7 Å². The van der Waals surface area contributed by atoms with Crippen LogP contribution in [0.25, 0.3) is 0 Å². The monoisotopic (exact) mass is 1080 g/mol. The van der Waals surface area contributed by atoms with Gasteiger partial charge in [0.2, 0.25) is 5.91 Å². The maximum absolute atomic E-state index is 13.0. The Morgan fingerprint density at radius 3 is 0.932 bits per heavy atom. The van der Waals surface area contributed by atoms with Gasteiger partial charge in [0.1, 0.15) is 36.6 Å². The molecule has 0 saturated heterocycles. The van der Waals surface area contributed by atoms with Crippen LogP contribution in [0.5, 0.6) is 0 Å². The average molecular weight is 1080 g/mol. The largest absolute Gasteiger partial charge is 0.472 e. The maximum Gasteiger partial charge on any atom is 0.472 e. The number of phosphoric ester groups is 1. The Hall–Kier alpha value is -0.660. The Morgan fingerprint density at radius 1 is 0.405 bits per heavy atom. The van der Waals surface area contributed by atoms with E-state index in [9.17, 15) is 44.9 Å². The first-order valence-electron chi connectivity index (χ1n) is 32.0. The van der Waals surface area contributed by atoms with Crippen LogP contribution in [0, 0.1) is 0 Å². The van der Waals surface area contributed by atoms with E-state index in [1.165, 1.54) is 250 Å². The Labute approximate surface area is 455 Å². The Kier molecular flexibility index (Phi) is 48.7. The fourth-order valence-corrected chi connectivity index (χ4v) is 11.8. The van der Waals surface area contributed by atoms with Crippen molar-refractivity contribution in [2.45, 2.75) is 377 Å². The summed E-state index contributed by atoms with van der Waals surface area (Å²) in [5.41, 5.74) is 0. The van der Waals surface area contributed by atoms with Gasteiger partial charge in [0.05, 0.1) is 18.8 Å². The van der Waals surface area contributed by atoms with E-state index in [0.717, 1.165) is 38.5 Å². The Morgan fingerprint density at radius 2 is 0.649 bits per heavy atom. The lowest BCUT2D eigenvalue weighted by atomic mass is 9.85. The van der Waals surface area contributed by atoms with E-state index in [2.05, 4.69) is 19.2 Å². The van der Waals surface area contributed by atoms with Crippen LogP contribution in [0.2, 0.25) is 0 Å². The minimum absolute atomic E-state index is 0.243. The minimum atomic E-state index is -5.06. The number of phosphoric acid groups is 1. The smallest absolute Gasteiger partial charge is 0.391 e. The fourth-order valence-electron chi connectivity index (χ4n) is 10.8. The van der Waals surface area contributed by atoms with Gasteiger partial charge in [-0.15, -0.1) is 0 Å². The molecule has 1 amide bonds. The molecule has 0 bridgehead atoms. The zero-order chi connectivity index (χ0) is 54.2. The lowest BCUT2D eigenvalue weighted by Gasteiger charge is -2.41. The van der Waals surface area contributed by atoms with Crippen LogP contribution < -0.4 is 5.32 Å². The number of aliphatic hydroxyl groups is 6. The molecule has 0 aromatic heterocycles. The van der Waals surface area contributed by atoms with E-state index < -0.39 is 63.2 Å². The highest BCUT2D eigenvalue weighted by Crippen LogP contribution is 2.47. The summed E-state index contributed by atoms with van der Waals surface area (Å²) in [6.45, 7) is 3.92. The molecule has 0 heterocycles. The van der Waals surface area contributed by atoms with Crippen LogP contribution in [0.1, 0.15) is 328 Å². The van der Waals surface area contributed by atoms with Crippen molar-refractivity contribution in [1.29, 1.82) is 0 Å². The molecular weight excluding hydrogens is 954 g/mol. The number of amides is 1. The molecule has 0 radical (unpaired) electrons. The van der Waals surface area contributed by atoms with E-state index in [4.69, 9.17) is 9.05 Å². The normalized spacial score (nSPS) is 20.7. The highest BCUT2D eigenvalue weighted by atomic mass is 31.2. The molecule has 12 nitrogen and oxygen atoms in total. The number of carbonyl (C=O) groups excluding carboxylic acids is 1. The van der Waals surface area contributed by atoms with Crippen molar-refractivity contribution in [3.63, 3.8) is 0 Å². The van der Waals surface area contributed by atoms with Crippen molar-refractivity contribution in [2.75, 3.05) is 6.61 Å². The highest BCUT2D eigenvalue weighted by molar-refractivity contribution is 7.47. The van der Waals surface area contributed by atoms with Crippen molar-refractivity contribution in [3.8, 4) is 0 Å². The second kappa shape index (κ2) is 50.6. The van der Waals surface area contributed by atoms with Gasteiger partial charge in [-0.05, 0) is 12.8 Å². The van der Waals surface area contributed by atoms with Gasteiger partial charge in [0.25, 0.3) is 0 Å². The number of hydrogen-bond donors (Lipinski definition) is 8. The van der Waals surface area contributed by atoms with Gasteiger partial charge in [-0.3, -0.25) is 13.8 Å². The van der Waals surface area contributed by atoms with Crippen molar-refractivity contribution in [3.05, 3.63) is 0 Å². The Balaban J connectivity index is 2.10. The number of hydrogen-bond acceptors (Lipinski definition) is 10. The number of aliphatic hydroxyl groups excluding tert-OH is 6. The Bertz CT molecular complexity index is 1250. The summed E-state index contributed by atoms with van der Waals surface area (Å²) in [6.07, 6.45) is 49.1. The molecule has 6 unspecified atom stereocenters. The second-order valence-electron chi connectivity index (χ2n) is 23.0. The van der Waals surface area contributed by atoms with Crippen molar-refractivity contribution in [1.82, 2.24) is 5.32 Å². The van der Waals surface area contributed by atoms with Crippen LogP contribution in [0.4, 0.5) is 0 Å². The molecule has 8 N–H and O–H groups in total. The van der Waals surface area contributed by atoms with Crippen LogP contribution in [0.15, 0.2) is 0 Å². The summed E-state index contributed by atoms with van der Waals surface area (Å²) in [5, 5.41) is 64.4. The molecule has 1 aliphatic carbocycles. The fraction of sp³-hybridized carbons (Fsp3) is 0.984. The molecule has 1 fully saturated rings. The first-order chi connectivity index (χ1) is 35.9. The SMILES string of the molecule is CCCCCCCCCCCCCCCCCCCCCCCCCCCCCCCCCCCCCCC(=O)N[C@@H](COP(=O)(O)OC1C(O)C(O)C(O)[C@@H](O)C1O)[C@H](O)CCCCCCCCCCCCC. The molecule has 0 aliphatic heterocycles. The summed E-state index contributed by atoms with van der Waals surface area (Å²) in [6, 6.07) is -1.03. The van der Waals surface area contributed by atoms with Gasteiger partial charge < -0.3 is 40.8 Å². The number of unbranched alkanes of at least 4 members (excludes halogenated alkanes) is 45. The van der Waals surface area contributed by atoms with E-state index in [-0.39, 0.29) is 12.3 Å². The molecule has 74 heavy (non-hydrogen) atoms. The van der Waals surface area contributed by atoms with E-state index in [0.29, 0.717) is 19.3 Å². The maximum atomic E-state index is 13.0. The summed E-state index contributed by atoms with van der Waals surface area (Å²) in [7, 11) is -5.06. The van der Waals surface area contributed by atoms with Crippen LogP contribution in [-0.4, -0.2) is 96.8 Å². The van der Waals surface area contributed by atoms with E-state index in [1.807, 2.05) is 0 Å². The molecular formula is C61H122NO11P. The topological polar surface area (TPSA) is 206 Å². The van der Waals surface area contributed by atoms with Gasteiger partial charge in [0.15, 0.2) is 0 Å². The van der Waals surface area contributed by atoms with Crippen molar-refractivity contribution < 1.29 is 53.9 Å². The molecule has 0 spiro atoms. The molecule has 9 atom stereocenters. The van der Waals surface area contributed by atoms with Crippen LogP contribution >= 0.6 is 7.82 Å². The van der Waals surface area contributed by atoms with Gasteiger partial charge in [-0.25, -0.2) is 4.57 Å². The molecule has 0 aromatic rings. The molecule has 1 saturated carbocycles. The quantitative estimate of drug-likeness (QED) is 0.0212. The molecule has 442 valence electrons. The summed E-state index contributed by atoms with van der Waals surface area (Å²) >= 11 is 0.